The summed E-state index contributed by atoms with van der Waals surface area (Å²) in [6.07, 6.45) is 0. The van der Waals surface area contributed by atoms with Gasteiger partial charge in [-0.15, -0.1) is 11.3 Å². The van der Waals surface area contributed by atoms with Crippen LogP contribution in [0, 0.1) is 6.92 Å². The van der Waals surface area contributed by atoms with Gasteiger partial charge in [0.15, 0.2) is 4.34 Å². The number of carbonyl (C=O) groups is 2. The molecule has 0 bridgehead atoms. The molecular weight excluding hydrogens is 476 g/mol. The van der Waals surface area contributed by atoms with E-state index in [9.17, 15) is 9.59 Å². The number of thiazole rings is 1. The van der Waals surface area contributed by atoms with Crippen LogP contribution >= 0.6 is 34.7 Å². The van der Waals surface area contributed by atoms with Gasteiger partial charge in [0.2, 0.25) is 5.91 Å². The SMILES string of the molecule is Cc1c(Cl)cccc1NC(=O)Nc1ccc2nc(SCC(=O)NCc3ccccc3)sc2c1. The van der Waals surface area contributed by atoms with E-state index in [0.29, 0.717) is 28.7 Å². The molecule has 0 fully saturated rings. The molecule has 0 unspecified atom stereocenters. The van der Waals surface area contributed by atoms with Crippen LogP contribution in [-0.2, 0) is 11.3 Å². The van der Waals surface area contributed by atoms with E-state index < -0.39 is 0 Å². The molecule has 168 valence electrons. The second kappa shape index (κ2) is 10.7. The van der Waals surface area contributed by atoms with Crippen molar-refractivity contribution >= 4 is 68.2 Å². The van der Waals surface area contributed by atoms with Gasteiger partial charge in [-0.2, -0.15) is 0 Å². The molecule has 3 N–H and O–H groups in total. The van der Waals surface area contributed by atoms with Crippen LogP contribution in [0.5, 0.6) is 0 Å². The number of fused-ring (bicyclic) bond motifs is 1. The molecule has 0 saturated heterocycles. The first-order valence-corrected chi connectivity index (χ1v) is 12.3. The number of aromatic nitrogens is 1. The molecule has 3 amide bonds. The number of anilines is 2. The molecule has 0 atom stereocenters. The van der Waals surface area contributed by atoms with E-state index in [1.807, 2.05) is 49.4 Å². The minimum absolute atomic E-state index is 0.0431. The summed E-state index contributed by atoms with van der Waals surface area (Å²) in [7, 11) is 0. The number of nitrogens with one attached hydrogen (secondary N) is 3. The highest BCUT2D eigenvalue weighted by atomic mass is 35.5. The highest BCUT2D eigenvalue weighted by Gasteiger charge is 2.11. The quantitative estimate of drug-likeness (QED) is 0.262. The van der Waals surface area contributed by atoms with Gasteiger partial charge in [-0.05, 0) is 48.4 Å². The fourth-order valence-electron chi connectivity index (χ4n) is 3.05. The van der Waals surface area contributed by atoms with Crippen molar-refractivity contribution in [1.29, 1.82) is 0 Å². The predicted molar refractivity (Wildman–Crippen MR) is 137 cm³/mol. The van der Waals surface area contributed by atoms with E-state index in [0.717, 1.165) is 25.7 Å². The number of carbonyl (C=O) groups excluding carboxylic acids is 2. The van der Waals surface area contributed by atoms with Crippen LogP contribution in [0.1, 0.15) is 11.1 Å². The third-order valence-electron chi connectivity index (χ3n) is 4.80. The Morgan fingerprint density at radius 1 is 1.03 bits per heavy atom. The van der Waals surface area contributed by atoms with Crippen molar-refractivity contribution in [3.8, 4) is 0 Å². The second-order valence-electron chi connectivity index (χ2n) is 7.20. The van der Waals surface area contributed by atoms with Gasteiger partial charge in [0, 0.05) is 22.9 Å². The number of halogens is 1. The summed E-state index contributed by atoms with van der Waals surface area (Å²) in [5.41, 5.74) is 4.00. The first-order valence-electron chi connectivity index (χ1n) is 10.1. The fourth-order valence-corrected chi connectivity index (χ4v) is 5.16. The van der Waals surface area contributed by atoms with Gasteiger partial charge in [-0.1, -0.05) is 59.8 Å². The molecule has 1 heterocycles. The second-order valence-corrected chi connectivity index (χ2v) is 9.87. The van der Waals surface area contributed by atoms with Crippen molar-refractivity contribution < 1.29 is 9.59 Å². The average Bonchev–Trinajstić information content (AvgIpc) is 3.22. The molecule has 0 radical (unpaired) electrons. The monoisotopic (exact) mass is 496 g/mol. The number of hydrogen-bond donors (Lipinski definition) is 3. The Morgan fingerprint density at radius 2 is 1.85 bits per heavy atom. The number of rotatable bonds is 7. The topological polar surface area (TPSA) is 83.1 Å². The van der Waals surface area contributed by atoms with Gasteiger partial charge in [-0.3, -0.25) is 4.79 Å². The summed E-state index contributed by atoms with van der Waals surface area (Å²) in [5.74, 6) is 0.248. The molecule has 0 spiro atoms. The number of urea groups is 1. The number of thioether (sulfide) groups is 1. The zero-order valence-corrected chi connectivity index (χ0v) is 20.1. The largest absolute Gasteiger partial charge is 0.351 e. The van der Waals surface area contributed by atoms with E-state index in [1.165, 1.54) is 23.1 Å². The van der Waals surface area contributed by atoms with E-state index >= 15 is 0 Å². The minimum atomic E-state index is -0.353. The molecule has 0 aliphatic rings. The van der Waals surface area contributed by atoms with Crippen LogP contribution in [0.25, 0.3) is 10.2 Å². The van der Waals surface area contributed by atoms with Gasteiger partial charge in [0.05, 0.1) is 16.0 Å². The standard InChI is InChI=1S/C24H21ClN4O2S2/c1-15-18(25)8-5-9-19(15)28-23(31)27-17-10-11-20-21(12-17)33-24(29-20)32-14-22(30)26-13-16-6-3-2-4-7-16/h2-12H,13-14H2,1H3,(H,26,30)(H2,27,28,31). The van der Waals surface area contributed by atoms with Crippen LogP contribution < -0.4 is 16.0 Å². The van der Waals surface area contributed by atoms with Gasteiger partial charge < -0.3 is 16.0 Å². The molecule has 0 aliphatic heterocycles. The van der Waals surface area contributed by atoms with E-state index in [2.05, 4.69) is 20.9 Å². The van der Waals surface area contributed by atoms with Gasteiger partial charge in [0.1, 0.15) is 0 Å². The van der Waals surface area contributed by atoms with Crippen LogP contribution in [0.2, 0.25) is 5.02 Å². The Bertz CT molecular complexity index is 1290. The summed E-state index contributed by atoms with van der Waals surface area (Å²) in [4.78, 5) is 29.1. The lowest BCUT2D eigenvalue weighted by Gasteiger charge is -2.10. The average molecular weight is 497 g/mol. The minimum Gasteiger partial charge on any atom is -0.351 e. The summed E-state index contributed by atoms with van der Waals surface area (Å²) in [5, 5.41) is 9.16. The smallest absolute Gasteiger partial charge is 0.323 e. The molecule has 0 saturated carbocycles. The summed E-state index contributed by atoms with van der Waals surface area (Å²) < 4.78 is 1.73. The molecule has 4 aromatic rings. The number of benzene rings is 3. The van der Waals surface area contributed by atoms with Crippen molar-refractivity contribution in [3.63, 3.8) is 0 Å². The molecule has 6 nitrogen and oxygen atoms in total. The van der Waals surface area contributed by atoms with Crippen LogP contribution in [0.4, 0.5) is 16.2 Å². The maximum Gasteiger partial charge on any atom is 0.323 e. The Labute approximate surface area is 204 Å². The third kappa shape index (κ3) is 6.25. The zero-order valence-electron chi connectivity index (χ0n) is 17.7. The number of nitrogens with zero attached hydrogens (tertiary/aromatic N) is 1. The molecule has 0 aliphatic carbocycles. The van der Waals surface area contributed by atoms with E-state index in [4.69, 9.17) is 11.6 Å². The molecule has 1 aromatic heterocycles. The highest BCUT2D eigenvalue weighted by molar-refractivity contribution is 8.01. The van der Waals surface area contributed by atoms with Gasteiger partial charge in [-0.25, -0.2) is 9.78 Å². The molecular formula is C24H21ClN4O2S2. The first kappa shape index (κ1) is 23.1. The van der Waals surface area contributed by atoms with Crippen molar-refractivity contribution in [1.82, 2.24) is 10.3 Å². The number of amides is 3. The first-order chi connectivity index (χ1) is 16.0. The maximum atomic E-state index is 12.4. The Kier molecular flexibility index (Phi) is 7.49. The Balaban J connectivity index is 1.32. The summed E-state index contributed by atoms with van der Waals surface area (Å²) >= 11 is 8.99. The van der Waals surface area contributed by atoms with Crippen LogP contribution in [0.3, 0.4) is 0 Å². The van der Waals surface area contributed by atoms with Crippen LogP contribution in [-0.4, -0.2) is 22.7 Å². The summed E-state index contributed by atoms with van der Waals surface area (Å²) in [6, 6.07) is 20.3. The Morgan fingerprint density at radius 3 is 2.67 bits per heavy atom. The fraction of sp³-hybridized carbons (Fsp3) is 0.125. The van der Waals surface area contributed by atoms with Gasteiger partial charge >= 0.3 is 6.03 Å². The molecule has 9 heteroatoms. The van der Waals surface area contributed by atoms with Crippen molar-refractivity contribution in [2.75, 3.05) is 16.4 Å². The molecule has 33 heavy (non-hydrogen) atoms. The van der Waals surface area contributed by atoms with Crippen molar-refractivity contribution in [2.24, 2.45) is 0 Å². The normalized spacial score (nSPS) is 10.7. The Hall–Kier alpha value is -3.07. The van der Waals surface area contributed by atoms with Crippen molar-refractivity contribution in [3.05, 3.63) is 82.9 Å². The number of hydrogen-bond acceptors (Lipinski definition) is 5. The molecule has 3 aromatic carbocycles. The zero-order chi connectivity index (χ0) is 23.2. The lowest BCUT2D eigenvalue weighted by atomic mass is 10.2. The lowest BCUT2D eigenvalue weighted by molar-refractivity contribution is -0.118. The highest BCUT2D eigenvalue weighted by Crippen LogP contribution is 2.31. The third-order valence-corrected chi connectivity index (χ3v) is 7.37. The van der Waals surface area contributed by atoms with Crippen LogP contribution in [0.15, 0.2) is 71.1 Å². The molecule has 4 rings (SSSR count). The lowest BCUT2D eigenvalue weighted by Crippen LogP contribution is -2.24. The van der Waals surface area contributed by atoms with E-state index in [1.54, 1.807) is 24.3 Å². The predicted octanol–water partition coefficient (Wildman–Crippen LogP) is 6.31. The summed E-state index contributed by atoms with van der Waals surface area (Å²) in [6.45, 7) is 2.36. The maximum absolute atomic E-state index is 12.4. The van der Waals surface area contributed by atoms with Gasteiger partial charge in [0.25, 0.3) is 0 Å². The van der Waals surface area contributed by atoms with E-state index in [-0.39, 0.29) is 11.9 Å². The van der Waals surface area contributed by atoms with Crippen molar-refractivity contribution in [2.45, 2.75) is 17.8 Å².